The van der Waals surface area contributed by atoms with Crippen LogP contribution in [0.4, 0.5) is 0 Å². The molecule has 0 atom stereocenters. The maximum absolute atomic E-state index is 10.2. The van der Waals surface area contributed by atoms with Crippen LogP contribution in [0.1, 0.15) is 0 Å². The number of nitrogens with zero attached hydrogens (tertiary/aromatic N) is 1. The smallest absolute Gasteiger partial charge is 0.355 e. The summed E-state index contributed by atoms with van der Waals surface area (Å²) in [6.07, 6.45) is 1.27. The van der Waals surface area contributed by atoms with Crippen LogP contribution in [0.25, 0.3) is 0 Å². The third-order valence-corrected chi connectivity index (χ3v) is 0.719. The number of aliphatic carboxylic acids is 1. The Labute approximate surface area is 58.4 Å². The van der Waals surface area contributed by atoms with E-state index in [1.54, 1.807) is 7.05 Å². The van der Waals surface area contributed by atoms with E-state index in [0.29, 0.717) is 0 Å². The van der Waals surface area contributed by atoms with Gasteiger partial charge < -0.3 is 10.4 Å². The maximum atomic E-state index is 10.2. The molecule has 0 unspecified atom stereocenters. The Bertz CT molecular complexity index is 164. The topological polar surface area (TPSA) is 73.7 Å². The number of rotatable bonds is 4. The Balaban J connectivity index is 4.10. The van der Waals surface area contributed by atoms with Crippen LogP contribution in [0.5, 0.6) is 0 Å². The van der Waals surface area contributed by atoms with Crippen LogP contribution in [0.2, 0.25) is 0 Å². The lowest BCUT2D eigenvalue weighted by Crippen LogP contribution is -2.17. The first-order valence-electron chi connectivity index (χ1n) is 2.54. The number of hydrazone groups is 1. The first kappa shape index (κ1) is 8.48. The van der Waals surface area contributed by atoms with Crippen molar-refractivity contribution in [1.82, 2.24) is 10.7 Å². The number of hydrogen-bond acceptors (Lipinski definition) is 4. The predicted octanol–water partition coefficient (Wildman–Crippen LogP) is -0.663. The Hall–Kier alpha value is -1.52. The zero-order valence-electron chi connectivity index (χ0n) is 5.59. The van der Waals surface area contributed by atoms with Crippen molar-refractivity contribution in [2.24, 2.45) is 5.10 Å². The molecule has 0 fully saturated rings. The van der Waals surface area contributed by atoms with E-state index < -0.39 is 5.97 Å². The molecule has 0 bridgehead atoms. The first-order valence-corrected chi connectivity index (χ1v) is 2.54. The molecule has 0 radical (unpaired) electrons. The second-order valence-electron chi connectivity index (χ2n) is 1.42. The molecule has 0 heterocycles. The summed E-state index contributed by atoms with van der Waals surface area (Å²) in [5.41, 5.74) is 2.15. The molecule has 0 aliphatic heterocycles. The molecule has 0 spiro atoms. The molecule has 56 valence electrons. The lowest BCUT2D eigenvalue weighted by molar-refractivity contribution is -0.133. The van der Waals surface area contributed by atoms with Gasteiger partial charge in [0.05, 0.1) is 0 Å². The zero-order valence-corrected chi connectivity index (χ0v) is 5.59. The van der Waals surface area contributed by atoms with E-state index in [1.165, 1.54) is 6.20 Å². The van der Waals surface area contributed by atoms with E-state index in [2.05, 4.69) is 22.6 Å². The van der Waals surface area contributed by atoms with E-state index >= 15 is 0 Å². The number of carboxylic acid groups (broad SMARTS) is 1. The molecule has 5 nitrogen and oxygen atoms in total. The Kier molecular flexibility index (Phi) is 3.70. The minimum atomic E-state index is -1.08. The number of hydrogen-bond donors (Lipinski definition) is 3. The van der Waals surface area contributed by atoms with E-state index in [0.717, 1.165) is 0 Å². The predicted molar refractivity (Wildman–Crippen MR) is 37.5 cm³/mol. The highest BCUT2D eigenvalue weighted by atomic mass is 16.4. The van der Waals surface area contributed by atoms with Crippen molar-refractivity contribution in [2.75, 3.05) is 7.05 Å². The number of nitrogens with one attached hydrogen (secondary N) is 2. The van der Waals surface area contributed by atoms with Gasteiger partial charge in [-0.05, 0) is 0 Å². The molecule has 10 heavy (non-hydrogen) atoms. The van der Waals surface area contributed by atoms with Gasteiger partial charge in [-0.2, -0.15) is 5.10 Å². The average Bonchev–Trinajstić information content (AvgIpc) is 1.87. The van der Waals surface area contributed by atoms with E-state index in [-0.39, 0.29) is 5.70 Å². The van der Waals surface area contributed by atoms with Gasteiger partial charge in [-0.3, -0.25) is 5.43 Å². The van der Waals surface area contributed by atoms with Crippen molar-refractivity contribution in [1.29, 1.82) is 0 Å². The van der Waals surface area contributed by atoms with Crippen LogP contribution in [-0.4, -0.2) is 24.8 Å². The third kappa shape index (κ3) is 2.71. The fraction of sp³-hybridized carbons (Fsp3) is 0.200. The Morgan fingerprint density at radius 1 is 1.80 bits per heavy atom. The van der Waals surface area contributed by atoms with Crippen LogP contribution >= 0.6 is 0 Å². The quantitative estimate of drug-likeness (QED) is 0.277. The van der Waals surface area contributed by atoms with Gasteiger partial charge in [0.25, 0.3) is 0 Å². The van der Waals surface area contributed by atoms with Crippen molar-refractivity contribution < 1.29 is 9.90 Å². The molecule has 0 aliphatic carbocycles. The molecule has 0 aliphatic rings. The zero-order chi connectivity index (χ0) is 7.98. The SMILES string of the molecule is C=NN/C(=C\NC)C(=O)O. The molecular weight excluding hydrogens is 134 g/mol. The van der Waals surface area contributed by atoms with Gasteiger partial charge in [-0.1, -0.05) is 0 Å². The second-order valence-corrected chi connectivity index (χ2v) is 1.42. The molecule has 0 saturated carbocycles. The summed E-state index contributed by atoms with van der Waals surface area (Å²) >= 11 is 0. The van der Waals surface area contributed by atoms with Gasteiger partial charge in [0.15, 0.2) is 5.70 Å². The summed E-state index contributed by atoms with van der Waals surface area (Å²) in [7, 11) is 1.59. The third-order valence-electron chi connectivity index (χ3n) is 0.719. The maximum Gasteiger partial charge on any atom is 0.355 e. The highest BCUT2D eigenvalue weighted by Gasteiger charge is 2.02. The largest absolute Gasteiger partial charge is 0.476 e. The van der Waals surface area contributed by atoms with Crippen LogP contribution in [-0.2, 0) is 4.79 Å². The Morgan fingerprint density at radius 3 is 2.70 bits per heavy atom. The van der Waals surface area contributed by atoms with E-state index in [1.807, 2.05) is 0 Å². The molecule has 0 amide bonds. The normalized spacial score (nSPS) is 10.3. The number of carboxylic acids is 1. The fourth-order valence-electron chi connectivity index (χ4n) is 0.371. The average molecular weight is 143 g/mol. The van der Waals surface area contributed by atoms with Crippen molar-refractivity contribution in [3.05, 3.63) is 11.9 Å². The number of carbonyl (C=O) groups is 1. The molecule has 0 aromatic rings. The van der Waals surface area contributed by atoms with Gasteiger partial charge in [-0.25, -0.2) is 4.79 Å². The Morgan fingerprint density at radius 2 is 2.40 bits per heavy atom. The van der Waals surface area contributed by atoms with Crippen molar-refractivity contribution in [3.63, 3.8) is 0 Å². The van der Waals surface area contributed by atoms with Crippen molar-refractivity contribution >= 4 is 12.7 Å². The molecule has 5 heteroatoms. The van der Waals surface area contributed by atoms with Gasteiger partial charge in [-0.15, -0.1) is 0 Å². The van der Waals surface area contributed by atoms with E-state index in [4.69, 9.17) is 5.11 Å². The molecule has 3 N–H and O–H groups in total. The highest BCUT2D eigenvalue weighted by molar-refractivity contribution is 5.85. The van der Waals surface area contributed by atoms with Crippen LogP contribution in [0, 0.1) is 0 Å². The summed E-state index contributed by atoms with van der Waals surface area (Å²) in [5.74, 6) is -1.08. The first-order chi connectivity index (χ1) is 4.72. The van der Waals surface area contributed by atoms with Gasteiger partial charge >= 0.3 is 5.97 Å². The standard InChI is InChI=1S/C5H9N3O2/c1-6-3-4(5(9)10)8-7-2/h3,6,8H,2H2,1H3,(H,9,10)/b4-3-. The second kappa shape index (κ2) is 4.37. The molecule has 0 aromatic carbocycles. The lowest BCUT2D eigenvalue weighted by Gasteiger charge is -1.98. The fourth-order valence-corrected chi connectivity index (χ4v) is 0.371. The highest BCUT2D eigenvalue weighted by Crippen LogP contribution is 1.84. The monoisotopic (exact) mass is 143 g/mol. The molecule has 0 aromatic heterocycles. The van der Waals surface area contributed by atoms with Gasteiger partial charge in [0.1, 0.15) is 0 Å². The molecule has 0 saturated heterocycles. The lowest BCUT2D eigenvalue weighted by atomic mass is 10.5. The summed E-state index contributed by atoms with van der Waals surface area (Å²) in [5, 5.41) is 14.1. The van der Waals surface area contributed by atoms with Crippen LogP contribution < -0.4 is 10.7 Å². The van der Waals surface area contributed by atoms with Gasteiger partial charge in [0.2, 0.25) is 0 Å². The summed E-state index contributed by atoms with van der Waals surface area (Å²) in [4.78, 5) is 10.2. The summed E-state index contributed by atoms with van der Waals surface area (Å²) < 4.78 is 0. The van der Waals surface area contributed by atoms with Crippen LogP contribution in [0.3, 0.4) is 0 Å². The summed E-state index contributed by atoms with van der Waals surface area (Å²) in [6.45, 7) is 3.07. The van der Waals surface area contributed by atoms with Crippen molar-refractivity contribution in [3.8, 4) is 0 Å². The molecular formula is C5H9N3O2. The van der Waals surface area contributed by atoms with E-state index in [9.17, 15) is 4.79 Å². The minimum Gasteiger partial charge on any atom is -0.476 e. The van der Waals surface area contributed by atoms with Crippen LogP contribution in [0.15, 0.2) is 17.0 Å². The van der Waals surface area contributed by atoms with Crippen molar-refractivity contribution in [2.45, 2.75) is 0 Å². The summed E-state index contributed by atoms with van der Waals surface area (Å²) in [6, 6.07) is 0. The minimum absolute atomic E-state index is 0.0440. The molecule has 0 rings (SSSR count). The van der Waals surface area contributed by atoms with Gasteiger partial charge in [0, 0.05) is 20.0 Å².